The van der Waals surface area contributed by atoms with Gasteiger partial charge in [0.2, 0.25) is 0 Å². The van der Waals surface area contributed by atoms with E-state index in [1.54, 1.807) is 0 Å². The lowest BCUT2D eigenvalue weighted by molar-refractivity contribution is 0.399. The van der Waals surface area contributed by atoms with Crippen molar-refractivity contribution in [3.05, 3.63) is 29.0 Å². The van der Waals surface area contributed by atoms with E-state index < -0.39 is 0 Å². The molecule has 3 atom stereocenters. The monoisotopic (exact) mass is 289 g/mol. The van der Waals surface area contributed by atoms with Gasteiger partial charge in [-0.15, -0.1) is 0 Å². The number of halogens is 1. The zero-order valence-electron chi connectivity index (χ0n) is 11.8. The van der Waals surface area contributed by atoms with Gasteiger partial charge in [0.1, 0.15) is 5.82 Å². The summed E-state index contributed by atoms with van der Waals surface area (Å²) in [5.74, 6) is 2.83. The molecule has 20 heavy (non-hydrogen) atoms. The molecule has 1 saturated heterocycles. The zero-order chi connectivity index (χ0) is 13.7. The maximum Gasteiger partial charge on any atom is 0.127 e. The van der Waals surface area contributed by atoms with Gasteiger partial charge < -0.3 is 9.88 Å². The quantitative estimate of drug-likeness (QED) is 0.912. The smallest absolute Gasteiger partial charge is 0.127 e. The predicted molar refractivity (Wildman–Crippen MR) is 82.0 cm³/mol. The molecule has 106 valence electrons. The van der Waals surface area contributed by atoms with E-state index in [0.29, 0.717) is 6.04 Å². The minimum Gasteiger partial charge on any atom is -0.327 e. The van der Waals surface area contributed by atoms with Gasteiger partial charge in [0.05, 0.1) is 17.1 Å². The van der Waals surface area contributed by atoms with Crippen molar-refractivity contribution >= 4 is 22.6 Å². The summed E-state index contributed by atoms with van der Waals surface area (Å²) >= 11 is 6.11. The SMILES string of the molecule is CCn1c(C2NCC3CCCC32)nc2cc(Cl)ccc21. The third-order valence-corrected chi connectivity index (χ3v) is 5.32. The van der Waals surface area contributed by atoms with E-state index in [2.05, 4.69) is 22.9 Å². The third-order valence-electron chi connectivity index (χ3n) is 5.08. The molecule has 2 aromatic rings. The van der Waals surface area contributed by atoms with Crippen molar-refractivity contribution in [2.75, 3.05) is 6.54 Å². The molecule has 1 aromatic carbocycles. The van der Waals surface area contributed by atoms with Gasteiger partial charge in [0, 0.05) is 11.6 Å². The Labute approximate surface area is 124 Å². The van der Waals surface area contributed by atoms with Crippen LogP contribution in [0.2, 0.25) is 5.02 Å². The van der Waals surface area contributed by atoms with E-state index in [9.17, 15) is 0 Å². The van der Waals surface area contributed by atoms with Crippen LogP contribution < -0.4 is 5.32 Å². The number of aryl methyl sites for hydroxylation is 1. The maximum atomic E-state index is 6.11. The first kappa shape index (κ1) is 12.7. The van der Waals surface area contributed by atoms with Gasteiger partial charge in [0.15, 0.2) is 0 Å². The molecule has 1 N–H and O–H groups in total. The van der Waals surface area contributed by atoms with E-state index in [-0.39, 0.29) is 0 Å². The van der Waals surface area contributed by atoms with Crippen LogP contribution in [-0.2, 0) is 6.54 Å². The molecule has 4 heteroatoms. The molecule has 3 nitrogen and oxygen atoms in total. The Morgan fingerprint density at radius 1 is 1.40 bits per heavy atom. The normalized spacial score (nSPS) is 29.2. The zero-order valence-corrected chi connectivity index (χ0v) is 12.5. The summed E-state index contributed by atoms with van der Waals surface area (Å²) in [6.07, 6.45) is 4.11. The number of imidazole rings is 1. The molecule has 1 aromatic heterocycles. The molecular weight excluding hydrogens is 270 g/mol. The number of hydrogen-bond donors (Lipinski definition) is 1. The molecule has 2 heterocycles. The molecule has 1 aliphatic carbocycles. The average molecular weight is 290 g/mol. The summed E-state index contributed by atoms with van der Waals surface area (Å²) in [4.78, 5) is 4.90. The fraction of sp³-hybridized carbons (Fsp3) is 0.562. The van der Waals surface area contributed by atoms with Gasteiger partial charge in [-0.1, -0.05) is 18.0 Å². The molecule has 0 spiro atoms. The lowest BCUT2D eigenvalue weighted by atomic mass is 9.93. The van der Waals surface area contributed by atoms with Crippen LogP contribution in [0.3, 0.4) is 0 Å². The van der Waals surface area contributed by atoms with Gasteiger partial charge in [-0.05, 0) is 56.3 Å². The van der Waals surface area contributed by atoms with Crippen LogP contribution in [0.5, 0.6) is 0 Å². The first-order valence-electron chi connectivity index (χ1n) is 7.67. The first-order chi connectivity index (χ1) is 9.78. The van der Waals surface area contributed by atoms with Crippen LogP contribution in [0.25, 0.3) is 11.0 Å². The van der Waals surface area contributed by atoms with Crippen LogP contribution in [0.4, 0.5) is 0 Å². The van der Waals surface area contributed by atoms with Crippen molar-refractivity contribution in [3.63, 3.8) is 0 Å². The van der Waals surface area contributed by atoms with Gasteiger partial charge >= 0.3 is 0 Å². The standard InChI is InChI=1S/C16H20ClN3/c1-2-20-14-7-6-11(17)8-13(14)19-16(20)15-12-5-3-4-10(12)9-18-15/h6-8,10,12,15,18H,2-5,9H2,1H3. The molecule has 2 aliphatic rings. The highest BCUT2D eigenvalue weighted by molar-refractivity contribution is 6.31. The summed E-state index contributed by atoms with van der Waals surface area (Å²) in [5, 5.41) is 4.48. The number of benzene rings is 1. The van der Waals surface area contributed by atoms with Gasteiger partial charge in [0.25, 0.3) is 0 Å². The highest BCUT2D eigenvalue weighted by Crippen LogP contribution is 2.44. The lowest BCUT2D eigenvalue weighted by Crippen LogP contribution is -2.22. The van der Waals surface area contributed by atoms with Crippen LogP contribution in [0.1, 0.15) is 38.1 Å². The van der Waals surface area contributed by atoms with Crippen LogP contribution in [0.15, 0.2) is 18.2 Å². The Bertz CT molecular complexity index is 648. The molecule has 3 unspecified atom stereocenters. The molecule has 1 saturated carbocycles. The Morgan fingerprint density at radius 2 is 2.30 bits per heavy atom. The van der Waals surface area contributed by atoms with Gasteiger partial charge in [-0.2, -0.15) is 0 Å². The molecule has 1 aliphatic heterocycles. The highest BCUT2D eigenvalue weighted by atomic mass is 35.5. The number of aromatic nitrogens is 2. The number of hydrogen-bond acceptors (Lipinski definition) is 2. The minimum absolute atomic E-state index is 0.425. The van der Waals surface area contributed by atoms with Gasteiger partial charge in [-0.3, -0.25) is 0 Å². The van der Waals surface area contributed by atoms with E-state index in [1.807, 2.05) is 12.1 Å². The fourth-order valence-corrected chi connectivity index (χ4v) is 4.33. The summed E-state index contributed by atoms with van der Waals surface area (Å²) in [5.41, 5.74) is 2.23. The van der Waals surface area contributed by atoms with Crippen molar-refractivity contribution in [3.8, 4) is 0 Å². The largest absolute Gasteiger partial charge is 0.327 e. The average Bonchev–Trinajstić information content (AvgIpc) is 3.10. The molecule has 0 amide bonds. The second-order valence-electron chi connectivity index (χ2n) is 6.09. The van der Waals surface area contributed by atoms with Crippen LogP contribution >= 0.6 is 11.6 Å². The number of rotatable bonds is 2. The topological polar surface area (TPSA) is 29.9 Å². The molecule has 2 fully saturated rings. The summed E-state index contributed by atoms with van der Waals surface area (Å²) in [6.45, 7) is 4.31. The Kier molecular flexibility index (Phi) is 3.00. The lowest BCUT2D eigenvalue weighted by Gasteiger charge is -2.19. The number of nitrogens with one attached hydrogen (secondary N) is 1. The molecular formula is C16H20ClN3. The van der Waals surface area contributed by atoms with Crippen LogP contribution in [0, 0.1) is 11.8 Å². The molecule has 0 radical (unpaired) electrons. The summed E-state index contributed by atoms with van der Waals surface area (Å²) in [7, 11) is 0. The van der Waals surface area contributed by atoms with Crippen LogP contribution in [-0.4, -0.2) is 16.1 Å². The molecule has 0 bridgehead atoms. The number of nitrogens with zero attached hydrogens (tertiary/aromatic N) is 2. The second-order valence-corrected chi connectivity index (χ2v) is 6.52. The van der Waals surface area contributed by atoms with Gasteiger partial charge in [-0.25, -0.2) is 4.98 Å². The van der Waals surface area contributed by atoms with Crippen molar-refractivity contribution in [1.29, 1.82) is 0 Å². The van der Waals surface area contributed by atoms with Crippen molar-refractivity contribution < 1.29 is 0 Å². The van der Waals surface area contributed by atoms with Crippen molar-refractivity contribution in [1.82, 2.24) is 14.9 Å². The van der Waals surface area contributed by atoms with Crippen molar-refractivity contribution in [2.45, 2.75) is 38.8 Å². The Hall–Kier alpha value is -1.06. The third kappa shape index (κ3) is 1.80. The molecule has 4 rings (SSSR count). The Balaban J connectivity index is 1.82. The number of fused-ring (bicyclic) bond motifs is 2. The minimum atomic E-state index is 0.425. The van der Waals surface area contributed by atoms with E-state index in [4.69, 9.17) is 16.6 Å². The van der Waals surface area contributed by atoms with E-state index >= 15 is 0 Å². The fourth-order valence-electron chi connectivity index (χ4n) is 4.16. The van der Waals surface area contributed by atoms with E-state index in [1.165, 1.54) is 30.6 Å². The predicted octanol–water partition coefficient (Wildman–Crippen LogP) is 3.77. The van der Waals surface area contributed by atoms with Crippen molar-refractivity contribution in [2.24, 2.45) is 11.8 Å². The summed E-state index contributed by atoms with van der Waals surface area (Å²) < 4.78 is 2.35. The second kappa shape index (κ2) is 4.74. The maximum absolute atomic E-state index is 6.11. The Morgan fingerprint density at radius 3 is 3.15 bits per heavy atom. The highest BCUT2D eigenvalue weighted by Gasteiger charge is 2.41. The first-order valence-corrected chi connectivity index (χ1v) is 8.05. The summed E-state index contributed by atoms with van der Waals surface area (Å²) in [6, 6.07) is 6.46. The van der Waals surface area contributed by atoms with E-state index in [0.717, 1.165) is 35.5 Å².